The molecule has 1 atom stereocenters. The zero-order valence-electron chi connectivity index (χ0n) is 14.8. The van der Waals surface area contributed by atoms with E-state index in [0.29, 0.717) is 5.57 Å². The van der Waals surface area contributed by atoms with E-state index in [4.69, 9.17) is 5.73 Å². The number of halogens is 2. The first-order chi connectivity index (χ1) is 13.0. The molecule has 2 N–H and O–H groups in total. The van der Waals surface area contributed by atoms with Gasteiger partial charge in [-0.1, -0.05) is 42.5 Å². The number of carbonyl (C=O) groups is 1. The molecule has 27 heavy (non-hydrogen) atoms. The van der Waals surface area contributed by atoms with E-state index in [1.165, 1.54) is 19.2 Å². The van der Waals surface area contributed by atoms with Crippen molar-refractivity contribution in [3.63, 3.8) is 0 Å². The minimum Gasteiger partial charge on any atom is -0.468 e. The van der Waals surface area contributed by atoms with Crippen molar-refractivity contribution in [3.05, 3.63) is 89.5 Å². The summed E-state index contributed by atoms with van der Waals surface area (Å²) in [6.45, 7) is 0. The zero-order chi connectivity index (χ0) is 19.4. The van der Waals surface area contributed by atoms with Gasteiger partial charge in [0, 0.05) is 11.6 Å². The number of methoxy groups -OCH3 is 1. The highest BCUT2D eigenvalue weighted by Crippen LogP contribution is 2.29. The average molecular weight is 367 g/mol. The first-order valence-electron chi connectivity index (χ1n) is 8.48. The van der Waals surface area contributed by atoms with Gasteiger partial charge in [0.15, 0.2) is 0 Å². The Morgan fingerprint density at radius 1 is 1.07 bits per heavy atom. The van der Waals surface area contributed by atoms with Gasteiger partial charge < -0.3 is 10.5 Å². The fourth-order valence-electron chi connectivity index (χ4n) is 2.94. The molecular weight excluding hydrogens is 348 g/mol. The van der Waals surface area contributed by atoms with Crippen molar-refractivity contribution in [3.8, 4) is 0 Å². The van der Waals surface area contributed by atoms with Gasteiger partial charge in [0.05, 0.1) is 7.11 Å². The highest BCUT2D eigenvalue weighted by atomic mass is 19.1. The number of hydrogen-bond acceptors (Lipinski definition) is 3. The number of esters is 1. The highest BCUT2D eigenvalue weighted by molar-refractivity contribution is 5.89. The number of rotatable bonds is 5. The summed E-state index contributed by atoms with van der Waals surface area (Å²) < 4.78 is 32.4. The van der Waals surface area contributed by atoms with Crippen LogP contribution < -0.4 is 5.73 Å². The van der Waals surface area contributed by atoms with Gasteiger partial charge in [-0.15, -0.1) is 0 Å². The standard InChI is InChI=1S/C22H19F2NO2/c1-27-22(26)21(25)11-10-18(19-9-8-17(23)13-20(19)24)16-7-6-14-4-2-3-5-15(14)12-16/h2-10,12-13,21H,11,25H2,1H3. The molecule has 0 radical (unpaired) electrons. The zero-order valence-corrected chi connectivity index (χ0v) is 14.8. The average Bonchev–Trinajstić information content (AvgIpc) is 2.68. The summed E-state index contributed by atoms with van der Waals surface area (Å²) in [6, 6.07) is 16.1. The van der Waals surface area contributed by atoms with Gasteiger partial charge in [0.25, 0.3) is 0 Å². The summed E-state index contributed by atoms with van der Waals surface area (Å²) in [5, 5.41) is 2.03. The van der Waals surface area contributed by atoms with Crippen molar-refractivity contribution >= 4 is 22.3 Å². The van der Waals surface area contributed by atoms with Crippen molar-refractivity contribution in [2.75, 3.05) is 7.11 Å². The summed E-state index contributed by atoms with van der Waals surface area (Å²) in [5.41, 5.74) is 7.34. The molecule has 0 bridgehead atoms. The molecule has 3 rings (SSSR count). The minimum atomic E-state index is -0.867. The van der Waals surface area contributed by atoms with Crippen LogP contribution in [0, 0.1) is 11.6 Å². The summed E-state index contributed by atoms with van der Waals surface area (Å²) in [4.78, 5) is 11.6. The monoisotopic (exact) mass is 367 g/mol. The number of fused-ring (bicyclic) bond motifs is 1. The van der Waals surface area contributed by atoms with E-state index in [1.54, 1.807) is 6.08 Å². The smallest absolute Gasteiger partial charge is 0.322 e. The molecule has 0 aliphatic carbocycles. The van der Waals surface area contributed by atoms with Crippen molar-refractivity contribution in [2.45, 2.75) is 12.5 Å². The van der Waals surface area contributed by atoms with E-state index in [1.807, 2.05) is 42.5 Å². The van der Waals surface area contributed by atoms with Crippen LogP contribution >= 0.6 is 0 Å². The maximum atomic E-state index is 14.4. The SMILES string of the molecule is COC(=O)C(N)CC=C(c1ccc2ccccc2c1)c1ccc(F)cc1F. The van der Waals surface area contributed by atoms with Crippen LogP contribution in [0.4, 0.5) is 8.78 Å². The first-order valence-corrected chi connectivity index (χ1v) is 8.48. The molecule has 0 aromatic heterocycles. The van der Waals surface area contributed by atoms with Gasteiger partial charge in [0.2, 0.25) is 0 Å². The summed E-state index contributed by atoms with van der Waals surface area (Å²) >= 11 is 0. The lowest BCUT2D eigenvalue weighted by Gasteiger charge is -2.13. The molecule has 0 saturated heterocycles. The van der Waals surface area contributed by atoms with E-state index in [2.05, 4.69) is 4.74 Å². The second-order valence-electron chi connectivity index (χ2n) is 6.17. The lowest BCUT2D eigenvalue weighted by molar-refractivity contribution is -0.142. The molecule has 138 valence electrons. The minimum absolute atomic E-state index is 0.158. The van der Waals surface area contributed by atoms with Crippen LogP contribution in [0.1, 0.15) is 17.5 Å². The number of ether oxygens (including phenoxy) is 1. The molecule has 0 fully saturated rings. The highest BCUT2D eigenvalue weighted by Gasteiger charge is 2.16. The quantitative estimate of drug-likeness (QED) is 0.678. The topological polar surface area (TPSA) is 52.3 Å². The van der Waals surface area contributed by atoms with Crippen LogP contribution in [0.15, 0.2) is 66.7 Å². The summed E-state index contributed by atoms with van der Waals surface area (Å²) in [6.07, 6.45) is 1.84. The van der Waals surface area contributed by atoms with E-state index in [0.717, 1.165) is 22.4 Å². The lowest BCUT2D eigenvalue weighted by Crippen LogP contribution is -2.30. The Labute approximate surface area is 156 Å². The molecule has 0 amide bonds. The Kier molecular flexibility index (Phi) is 5.62. The van der Waals surface area contributed by atoms with Crippen LogP contribution in [0.3, 0.4) is 0 Å². The third-order valence-electron chi connectivity index (χ3n) is 4.36. The van der Waals surface area contributed by atoms with Gasteiger partial charge in [0.1, 0.15) is 17.7 Å². The molecule has 0 aliphatic rings. The van der Waals surface area contributed by atoms with Crippen molar-refractivity contribution < 1.29 is 18.3 Å². The van der Waals surface area contributed by atoms with Crippen LogP contribution in [-0.2, 0) is 9.53 Å². The van der Waals surface area contributed by atoms with Gasteiger partial charge in [-0.2, -0.15) is 0 Å². The second-order valence-corrected chi connectivity index (χ2v) is 6.17. The first kappa shape index (κ1) is 18.7. The molecule has 0 heterocycles. The second kappa shape index (κ2) is 8.10. The Morgan fingerprint density at radius 3 is 2.52 bits per heavy atom. The van der Waals surface area contributed by atoms with Crippen LogP contribution in [0.5, 0.6) is 0 Å². The summed E-state index contributed by atoms with van der Waals surface area (Å²) in [5.74, 6) is -1.88. The van der Waals surface area contributed by atoms with E-state index in [-0.39, 0.29) is 12.0 Å². The van der Waals surface area contributed by atoms with E-state index < -0.39 is 23.6 Å². The van der Waals surface area contributed by atoms with E-state index in [9.17, 15) is 13.6 Å². The maximum Gasteiger partial charge on any atom is 0.322 e. The Hall–Kier alpha value is -3.05. The van der Waals surface area contributed by atoms with Crippen molar-refractivity contribution in [2.24, 2.45) is 5.73 Å². The summed E-state index contributed by atoms with van der Waals surface area (Å²) in [7, 11) is 1.26. The third kappa shape index (κ3) is 4.20. The predicted octanol–water partition coefficient (Wildman–Crippen LogP) is 4.44. The van der Waals surface area contributed by atoms with Crippen LogP contribution in [0.25, 0.3) is 16.3 Å². The fourth-order valence-corrected chi connectivity index (χ4v) is 2.94. The third-order valence-corrected chi connectivity index (χ3v) is 4.36. The molecule has 3 aromatic carbocycles. The predicted molar refractivity (Wildman–Crippen MR) is 102 cm³/mol. The Bertz CT molecular complexity index is 1010. The maximum absolute atomic E-state index is 14.4. The number of carbonyl (C=O) groups excluding carboxylic acids is 1. The molecule has 1 unspecified atom stereocenters. The number of nitrogens with two attached hydrogens (primary N) is 1. The number of hydrogen-bond donors (Lipinski definition) is 1. The largest absolute Gasteiger partial charge is 0.468 e. The molecule has 0 spiro atoms. The van der Waals surface area contributed by atoms with E-state index >= 15 is 0 Å². The normalized spacial score (nSPS) is 12.8. The fraction of sp³-hybridized carbons (Fsp3) is 0.136. The van der Waals surface area contributed by atoms with Gasteiger partial charge in [-0.3, -0.25) is 4.79 Å². The Morgan fingerprint density at radius 2 is 1.81 bits per heavy atom. The molecule has 3 aromatic rings. The molecular formula is C22H19F2NO2. The van der Waals surface area contributed by atoms with Gasteiger partial charge in [-0.05, 0) is 46.5 Å². The molecule has 0 aliphatic heterocycles. The van der Waals surface area contributed by atoms with Gasteiger partial charge >= 0.3 is 5.97 Å². The van der Waals surface area contributed by atoms with Crippen LogP contribution in [0.2, 0.25) is 0 Å². The van der Waals surface area contributed by atoms with Gasteiger partial charge in [-0.25, -0.2) is 8.78 Å². The molecule has 5 heteroatoms. The van der Waals surface area contributed by atoms with Crippen molar-refractivity contribution in [1.82, 2.24) is 0 Å². The molecule has 0 saturated carbocycles. The van der Waals surface area contributed by atoms with Crippen LogP contribution in [-0.4, -0.2) is 19.1 Å². The Balaban J connectivity index is 2.09. The molecule has 3 nitrogen and oxygen atoms in total. The lowest BCUT2D eigenvalue weighted by atomic mass is 9.93. The number of benzene rings is 3. The van der Waals surface area contributed by atoms with Crippen molar-refractivity contribution in [1.29, 1.82) is 0 Å².